The number of nitrogens with one attached hydrogen (secondary N) is 1. The zero-order chi connectivity index (χ0) is 7.90. The molecular formula is C8H10BrNS. The van der Waals surface area contributed by atoms with Gasteiger partial charge in [-0.1, -0.05) is 0 Å². The Morgan fingerprint density at radius 3 is 2.64 bits per heavy atom. The molecule has 0 atom stereocenters. The van der Waals surface area contributed by atoms with Crippen LogP contribution < -0.4 is 5.32 Å². The summed E-state index contributed by atoms with van der Waals surface area (Å²) in [6.45, 7) is 0. The molecule has 1 heterocycles. The van der Waals surface area contributed by atoms with Crippen LogP contribution in [0.25, 0.3) is 0 Å². The highest BCUT2D eigenvalue weighted by molar-refractivity contribution is 9.11. The number of thiophene rings is 1. The lowest BCUT2D eigenvalue weighted by Gasteiger charge is -2.10. The summed E-state index contributed by atoms with van der Waals surface area (Å²) in [5.74, 6) is 0. The van der Waals surface area contributed by atoms with Crippen LogP contribution >= 0.6 is 27.3 Å². The Morgan fingerprint density at radius 2 is 2.27 bits per heavy atom. The molecule has 1 aliphatic carbocycles. The maximum Gasteiger partial charge on any atom is 0.0702 e. The van der Waals surface area contributed by atoms with Crippen molar-refractivity contribution in [2.75, 3.05) is 7.05 Å². The lowest BCUT2D eigenvalue weighted by molar-refractivity contribution is 0.597. The van der Waals surface area contributed by atoms with Gasteiger partial charge in [0.1, 0.15) is 0 Å². The Bertz CT molecular complexity index is 265. The number of hydrogen-bond acceptors (Lipinski definition) is 2. The monoisotopic (exact) mass is 231 g/mol. The minimum Gasteiger partial charge on any atom is -0.310 e. The Labute approximate surface area is 78.9 Å². The van der Waals surface area contributed by atoms with E-state index in [-0.39, 0.29) is 0 Å². The Kier molecular flexibility index (Phi) is 1.82. The van der Waals surface area contributed by atoms with Crippen molar-refractivity contribution >= 4 is 27.3 Å². The van der Waals surface area contributed by atoms with Gasteiger partial charge < -0.3 is 5.32 Å². The molecule has 0 saturated heterocycles. The minimum atomic E-state index is 0.344. The van der Waals surface area contributed by atoms with Crippen LogP contribution in [0.5, 0.6) is 0 Å². The van der Waals surface area contributed by atoms with Crippen molar-refractivity contribution in [1.82, 2.24) is 5.32 Å². The van der Waals surface area contributed by atoms with Crippen molar-refractivity contribution in [3.8, 4) is 0 Å². The van der Waals surface area contributed by atoms with E-state index >= 15 is 0 Å². The average Bonchev–Trinajstić information content (AvgIpc) is 2.70. The van der Waals surface area contributed by atoms with Gasteiger partial charge in [0.25, 0.3) is 0 Å². The number of halogens is 1. The summed E-state index contributed by atoms with van der Waals surface area (Å²) in [5.41, 5.74) is 0.344. The van der Waals surface area contributed by atoms with Gasteiger partial charge in [0.2, 0.25) is 0 Å². The molecular weight excluding hydrogens is 222 g/mol. The Hall–Kier alpha value is 0.140. The highest BCUT2D eigenvalue weighted by Crippen LogP contribution is 2.48. The largest absolute Gasteiger partial charge is 0.310 e. The molecule has 1 saturated carbocycles. The highest BCUT2D eigenvalue weighted by Gasteiger charge is 2.43. The zero-order valence-corrected chi connectivity index (χ0v) is 8.76. The summed E-state index contributed by atoms with van der Waals surface area (Å²) in [7, 11) is 2.04. The molecule has 1 N–H and O–H groups in total. The molecule has 2 rings (SSSR count). The van der Waals surface area contributed by atoms with Crippen LogP contribution in [0.2, 0.25) is 0 Å². The molecule has 1 nitrogen and oxygen atoms in total. The van der Waals surface area contributed by atoms with Gasteiger partial charge in [-0.3, -0.25) is 0 Å². The fourth-order valence-corrected chi connectivity index (χ4v) is 2.96. The van der Waals surface area contributed by atoms with E-state index in [2.05, 4.69) is 33.4 Å². The van der Waals surface area contributed by atoms with E-state index in [1.54, 1.807) is 0 Å². The zero-order valence-electron chi connectivity index (χ0n) is 6.36. The first kappa shape index (κ1) is 7.77. The molecule has 0 amide bonds. The van der Waals surface area contributed by atoms with E-state index < -0.39 is 0 Å². The standard InChI is InChI=1S/C8H10BrNS/c1-10-8(4-5-8)6-2-3-7(9)11-6/h2-3,10H,4-5H2,1H3. The quantitative estimate of drug-likeness (QED) is 0.826. The Balaban J connectivity index is 2.29. The van der Waals surface area contributed by atoms with Gasteiger partial charge in [-0.15, -0.1) is 11.3 Å². The van der Waals surface area contributed by atoms with Crippen molar-refractivity contribution in [2.24, 2.45) is 0 Å². The van der Waals surface area contributed by atoms with Gasteiger partial charge in [0, 0.05) is 4.88 Å². The summed E-state index contributed by atoms with van der Waals surface area (Å²) in [6, 6.07) is 4.33. The molecule has 3 heteroatoms. The van der Waals surface area contributed by atoms with Crippen LogP contribution in [-0.4, -0.2) is 7.05 Å². The van der Waals surface area contributed by atoms with Crippen LogP contribution in [-0.2, 0) is 5.54 Å². The SMILES string of the molecule is CNC1(c2ccc(Br)s2)CC1. The second-order valence-corrected chi connectivity index (χ2v) is 5.40. The second-order valence-electron chi connectivity index (χ2n) is 2.94. The first-order valence-electron chi connectivity index (χ1n) is 3.72. The molecule has 0 unspecified atom stereocenters. The van der Waals surface area contributed by atoms with Gasteiger partial charge in [-0.2, -0.15) is 0 Å². The molecule has 0 radical (unpaired) electrons. The second kappa shape index (κ2) is 2.57. The van der Waals surface area contributed by atoms with E-state index in [4.69, 9.17) is 0 Å². The molecule has 0 spiro atoms. The summed E-state index contributed by atoms with van der Waals surface area (Å²) in [4.78, 5) is 1.46. The van der Waals surface area contributed by atoms with Gasteiger partial charge in [0.05, 0.1) is 9.33 Å². The summed E-state index contributed by atoms with van der Waals surface area (Å²) in [5, 5.41) is 3.37. The summed E-state index contributed by atoms with van der Waals surface area (Å²) in [6.07, 6.45) is 2.58. The third-order valence-electron chi connectivity index (χ3n) is 2.27. The molecule has 60 valence electrons. The van der Waals surface area contributed by atoms with Gasteiger partial charge in [-0.25, -0.2) is 0 Å². The third kappa shape index (κ3) is 1.25. The van der Waals surface area contributed by atoms with Crippen LogP contribution in [0.15, 0.2) is 15.9 Å². The van der Waals surface area contributed by atoms with Gasteiger partial charge in [-0.05, 0) is 48.0 Å². The minimum absolute atomic E-state index is 0.344. The fraction of sp³-hybridized carbons (Fsp3) is 0.500. The van der Waals surface area contributed by atoms with Crippen LogP contribution in [0.4, 0.5) is 0 Å². The molecule has 1 aromatic heterocycles. The number of rotatable bonds is 2. The predicted octanol–water partition coefficient (Wildman–Crippen LogP) is 2.72. The Morgan fingerprint density at radius 1 is 1.55 bits per heavy atom. The van der Waals surface area contributed by atoms with Crippen LogP contribution in [0.3, 0.4) is 0 Å². The van der Waals surface area contributed by atoms with E-state index in [1.165, 1.54) is 21.5 Å². The molecule has 1 aromatic rings. The maximum absolute atomic E-state index is 3.47. The maximum atomic E-state index is 3.47. The molecule has 0 aromatic carbocycles. The van der Waals surface area contributed by atoms with Crippen molar-refractivity contribution < 1.29 is 0 Å². The molecule has 0 bridgehead atoms. The lowest BCUT2D eigenvalue weighted by Crippen LogP contribution is -2.22. The van der Waals surface area contributed by atoms with Gasteiger partial charge in [0.15, 0.2) is 0 Å². The predicted molar refractivity (Wildman–Crippen MR) is 52.0 cm³/mol. The average molecular weight is 232 g/mol. The van der Waals surface area contributed by atoms with E-state index in [1.807, 2.05) is 18.4 Å². The highest BCUT2D eigenvalue weighted by atomic mass is 79.9. The summed E-state index contributed by atoms with van der Waals surface area (Å²) < 4.78 is 1.23. The molecule has 1 fully saturated rings. The first-order valence-corrected chi connectivity index (χ1v) is 5.32. The third-order valence-corrected chi connectivity index (χ3v) is 4.10. The van der Waals surface area contributed by atoms with Crippen LogP contribution in [0, 0.1) is 0 Å². The number of hydrogen-bond donors (Lipinski definition) is 1. The van der Waals surface area contributed by atoms with E-state index in [9.17, 15) is 0 Å². The van der Waals surface area contributed by atoms with E-state index in [0.29, 0.717) is 5.54 Å². The summed E-state index contributed by atoms with van der Waals surface area (Å²) >= 11 is 5.31. The molecule has 0 aliphatic heterocycles. The van der Waals surface area contributed by atoms with Gasteiger partial charge >= 0.3 is 0 Å². The lowest BCUT2D eigenvalue weighted by atomic mass is 10.2. The smallest absolute Gasteiger partial charge is 0.0702 e. The fourth-order valence-electron chi connectivity index (χ4n) is 1.32. The normalized spacial score (nSPS) is 20.2. The van der Waals surface area contributed by atoms with Crippen molar-refractivity contribution in [2.45, 2.75) is 18.4 Å². The van der Waals surface area contributed by atoms with Crippen molar-refractivity contribution in [3.63, 3.8) is 0 Å². The van der Waals surface area contributed by atoms with E-state index in [0.717, 1.165) is 0 Å². The topological polar surface area (TPSA) is 12.0 Å². The van der Waals surface area contributed by atoms with Crippen LogP contribution in [0.1, 0.15) is 17.7 Å². The molecule has 1 aliphatic rings. The van der Waals surface area contributed by atoms with Crippen molar-refractivity contribution in [1.29, 1.82) is 0 Å². The van der Waals surface area contributed by atoms with Crippen molar-refractivity contribution in [3.05, 3.63) is 20.8 Å². The molecule has 11 heavy (non-hydrogen) atoms. The first-order chi connectivity index (χ1) is 5.27.